The van der Waals surface area contributed by atoms with E-state index in [1.807, 2.05) is 33.9 Å². The van der Waals surface area contributed by atoms with Crippen LogP contribution in [0.2, 0.25) is 0 Å². The summed E-state index contributed by atoms with van der Waals surface area (Å²) >= 11 is 0. The molecule has 0 radical (unpaired) electrons. The van der Waals surface area contributed by atoms with Crippen molar-refractivity contribution in [3.8, 4) is 0 Å². The van der Waals surface area contributed by atoms with Crippen LogP contribution in [0.25, 0.3) is 10.9 Å². The van der Waals surface area contributed by atoms with Crippen LogP contribution in [0, 0.1) is 13.8 Å². The first-order valence-corrected chi connectivity index (χ1v) is 5.82. The van der Waals surface area contributed by atoms with E-state index in [0.717, 1.165) is 0 Å². The topological polar surface area (TPSA) is 15.8 Å². The molecule has 1 heteroatoms. The van der Waals surface area contributed by atoms with Crippen molar-refractivity contribution in [2.75, 3.05) is 0 Å². The molecule has 0 saturated heterocycles. The Morgan fingerprint density at radius 3 is 1.87 bits per heavy atom. The predicted molar refractivity (Wildman–Crippen MR) is 70.5 cm³/mol. The fraction of sp³-hybridized carbons (Fsp3) is 0.429. The van der Waals surface area contributed by atoms with Crippen molar-refractivity contribution >= 4 is 10.9 Å². The van der Waals surface area contributed by atoms with Crippen LogP contribution < -0.4 is 0 Å². The molecule has 0 aliphatic carbocycles. The molecule has 0 spiro atoms. The zero-order valence-corrected chi connectivity index (χ0v) is 10.8. The second-order valence-electron chi connectivity index (χ2n) is 2.97. The molecule has 0 aliphatic heterocycles. The summed E-state index contributed by atoms with van der Waals surface area (Å²) < 4.78 is 0. The van der Waals surface area contributed by atoms with Crippen LogP contribution in [0.1, 0.15) is 38.8 Å². The Morgan fingerprint density at radius 2 is 1.33 bits per heavy atom. The van der Waals surface area contributed by atoms with E-state index in [2.05, 4.69) is 37.0 Å². The van der Waals surface area contributed by atoms with E-state index >= 15 is 0 Å². The summed E-state index contributed by atoms with van der Waals surface area (Å²) in [5.41, 5.74) is 3.92. The van der Waals surface area contributed by atoms with Crippen LogP contribution in [0.4, 0.5) is 0 Å². The molecule has 1 nitrogen and oxygen atoms in total. The Bertz CT molecular complexity index is 349. The third-order valence-electron chi connectivity index (χ3n) is 2.15. The van der Waals surface area contributed by atoms with Crippen LogP contribution in [0.5, 0.6) is 0 Å². The summed E-state index contributed by atoms with van der Waals surface area (Å²) in [4.78, 5) is 3.23. The van der Waals surface area contributed by atoms with Crippen molar-refractivity contribution in [3.05, 3.63) is 35.5 Å². The Morgan fingerprint density at radius 1 is 0.800 bits per heavy atom. The molecule has 84 valence electrons. The van der Waals surface area contributed by atoms with E-state index in [9.17, 15) is 0 Å². The molecule has 15 heavy (non-hydrogen) atoms. The Hall–Kier alpha value is -1.24. The smallest absolute Gasteiger partial charge is 0.0486 e. The van der Waals surface area contributed by atoms with Gasteiger partial charge in [0.1, 0.15) is 0 Å². The highest BCUT2D eigenvalue weighted by Gasteiger charge is 1.98. The van der Waals surface area contributed by atoms with Gasteiger partial charge in [0.15, 0.2) is 0 Å². The van der Waals surface area contributed by atoms with Gasteiger partial charge in [-0.2, -0.15) is 0 Å². The van der Waals surface area contributed by atoms with Crippen molar-refractivity contribution in [2.24, 2.45) is 0 Å². The number of aryl methyl sites for hydroxylation is 2. The Balaban J connectivity index is 0.000000442. The molecule has 1 heterocycles. The van der Waals surface area contributed by atoms with Crippen molar-refractivity contribution in [2.45, 2.75) is 41.5 Å². The molecule has 0 unspecified atom stereocenters. The molecule has 0 saturated carbocycles. The van der Waals surface area contributed by atoms with Gasteiger partial charge < -0.3 is 4.98 Å². The van der Waals surface area contributed by atoms with E-state index in [1.54, 1.807) is 0 Å². The Kier molecular flexibility index (Phi) is 6.52. The maximum absolute atomic E-state index is 3.23. The zero-order valence-electron chi connectivity index (χ0n) is 10.8. The lowest BCUT2D eigenvalue weighted by Gasteiger charge is -1.98. The molecule has 1 aromatic heterocycles. The van der Waals surface area contributed by atoms with Crippen molar-refractivity contribution in [1.29, 1.82) is 0 Å². The number of aromatic amines is 1. The highest BCUT2D eigenvalue weighted by atomic mass is 14.7. The lowest BCUT2D eigenvalue weighted by atomic mass is 10.1. The number of H-pyrrole nitrogens is 1. The molecular formula is C14H23N. The fourth-order valence-electron chi connectivity index (χ4n) is 1.45. The van der Waals surface area contributed by atoms with E-state index in [1.165, 1.54) is 22.0 Å². The number of hydrogen-bond acceptors (Lipinski definition) is 0. The first-order chi connectivity index (χ1) is 7.29. The average molecular weight is 205 g/mol. The number of benzene rings is 1. The molecule has 0 aliphatic rings. The van der Waals surface area contributed by atoms with Crippen LogP contribution in [-0.4, -0.2) is 4.98 Å². The minimum atomic E-state index is 1.27. The summed E-state index contributed by atoms with van der Waals surface area (Å²) in [7, 11) is 0. The first kappa shape index (κ1) is 13.8. The number of rotatable bonds is 0. The quantitative estimate of drug-likeness (QED) is 0.633. The van der Waals surface area contributed by atoms with E-state index in [4.69, 9.17) is 0 Å². The lowest BCUT2D eigenvalue weighted by molar-refractivity contribution is 1.40. The standard InChI is InChI=1S/C10H11N.2C2H6/c1-7-3-4-8(2)10-9(7)5-6-11-10;2*1-2/h3-6,11H,1-2H3;2*1-2H3. The highest BCUT2D eigenvalue weighted by Crippen LogP contribution is 2.19. The molecule has 0 amide bonds. The van der Waals surface area contributed by atoms with Gasteiger partial charge in [-0.05, 0) is 31.0 Å². The molecule has 0 atom stereocenters. The SMILES string of the molecule is CC.CC.Cc1ccc(C)c2[nH]ccc12. The highest BCUT2D eigenvalue weighted by molar-refractivity contribution is 5.85. The summed E-state index contributed by atoms with van der Waals surface area (Å²) in [6.45, 7) is 12.3. The first-order valence-electron chi connectivity index (χ1n) is 5.82. The summed E-state index contributed by atoms with van der Waals surface area (Å²) in [5, 5.41) is 1.34. The summed E-state index contributed by atoms with van der Waals surface area (Å²) in [5.74, 6) is 0. The second kappa shape index (κ2) is 7.10. The third kappa shape index (κ3) is 3.12. The van der Waals surface area contributed by atoms with Gasteiger partial charge in [0, 0.05) is 17.1 Å². The maximum Gasteiger partial charge on any atom is 0.0486 e. The minimum Gasteiger partial charge on any atom is -0.361 e. The van der Waals surface area contributed by atoms with Gasteiger partial charge in [0.2, 0.25) is 0 Å². The monoisotopic (exact) mass is 205 g/mol. The van der Waals surface area contributed by atoms with Crippen molar-refractivity contribution in [3.63, 3.8) is 0 Å². The van der Waals surface area contributed by atoms with Gasteiger partial charge in [-0.3, -0.25) is 0 Å². The van der Waals surface area contributed by atoms with Crippen LogP contribution >= 0.6 is 0 Å². The van der Waals surface area contributed by atoms with E-state index < -0.39 is 0 Å². The van der Waals surface area contributed by atoms with Crippen molar-refractivity contribution in [1.82, 2.24) is 4.98 Å². The van der Waals surface area contributed by atoms with Gasteiger partial charge >= 0.3 is 0 Å². The number of hydrogen-bond donors (Lipinski definition) is 1. The molecule has 0 bridgehead atoms. The maximum atomic E-state index is 3.23. The van der Waals surface area contributed by atoms with Gasteiger partial charge in [-0.15, -0.1) is 0 Å². The largest absolute Gasteiger partial charge is 0.361 e. The number of nitrogens with one attached hydrogen (secondary N) is 1. The number of aromatic nitrogens is 1. The van der Waals surface area contributed by atoms with Gasteiger partial charge in [0.05, 0.1) is 0 Å². The van der Waals surface area contributed by atoms with Gasteiger partial charge in [-0.1, -0.05) is 39.8 Å². The molecule has 1 aromatic carbocycles. The molecule has 2 rings (SSSR count). The Labute approximate surface area is 93.5 Å². The molecule has 1 N–H and O–H groups in total. The normalized spacial score (nSPS) is 8.67. The van der Waals surface area contributed by atoms with Gasteiger partial charge in [-0.25, -0.2) is 0 Å². The summed E-state index contributed by atoms with van der Waals surface area (Å²) in [6.07, 6.45) is 1.99. The van der Waals surface area contributed by atoms with Crippen LogP contribution in [0.3, 0.4) is 0 Å². The van der Waals surface area contributed by atoms with E-state index in [-0.39, 0.29) is 0 Å². The summed E-state index contributed by atoms with van der Waals surface area (Å²) in [6, 6.07) is 6.43. The van der Waals surface area contributed by atoms with E-state index in [0.29, 0.717) is 0 Å². The van der Waals surface area contributed by atoms with Crippen LogP contribution in [-0.2, 0) is 0 Å². The number of fused-ring (bicyclic) bond motifs is 1. The average Bonchev–Trinajstić information content (AvgIpc) is 2.79. The minimum absolute atomic E-state index is 1.27. The van der Waals surface area contributed by atoms with Crippen molar-refractivity contribution < 1.29 is 0 Å². The lowest BCUT2D eigenvalue weighted by Crippen LogP contribution is -1.78. The fourth-order valence-corrected chi connectivity index (χ4v) is 1.45. The molecule has 2 aromatic rings. The zero-order chi connectivity index (χ0) is 11.8. The molecular weight excluding hydrogens is 182 g/mol. The third-order valence-corrected chi connectivity index (χ3v) is 2.15. The second-order valence-corrected chi connectivity index (χ2v) is 2.97. The van der Waals surface area contributed by atoms with Gasteiger partial charge in [0.25, 0.3) is 0 Å². The van der Waals surface area contributed by atoms with Crippen LogP contribution in [0.15, 0.2) is 24.4 Å². The predicted octanol–water partition coefficient (Wildman–Crippen LogP) is 4.84. The molecule has 0 fully saturated rings.